The van der Waals surface area contributed by atoms with Crippen LogP contribution in [0.1, 0.15) is 42.0 Å². The Morgan fingerprint density at radius 1 is 1.19 bits per heavy atom. The first-order valence-electron chi connectivity index (χ1n) is 7.37. The van der Waals surface area contributed by atoms with Crippen LogP contribution < -0.4 is 10.1 Å². The third-order valence-corrected chi connectivity index (χ3v) is 4.29. The van der Waals surface area contributed by atoms with Crippen molar-refractivity contribution in [1.29, 1.82) is 0 Å². The van der Waals surface area contributed by atoms with Crippen molar-refractivity contribution in [2.75, 3.05) is 7.11 Å². The molecule has 2 aromatic rings. The number of nitrogens with one attached hydrogen (secondary N) is 1. The topological polar surface area (TPSA) is 41.5 Å². The highest BCUT2D eigenvalue weighted by molar-refractivity contribution is 5.42. The van der Waals surface area contributed by atoms with Gasteiger partial charge in [-0.2, -0.15) is 0 Å². The van der Waals surface area contributed by atoms with Gasteiger partial charge in [-0.3, -0.25) is 0 Å². The van der Waals surface area contributed by atoms with Gasteiger partial charge in [-0.1, -0.05) is 37.3 Å². The molecule has 1 aliphatic rings. The molecule has 3 nitrogen and oxygen atoms in total. The second-order valence-electron chi connectivity index (χ2n) is 5.71. The van der Waals surface area contributed by atoms with Gasteiger partial charge < -0.3 is 15.2 Å². The molecule has 21 heavy (non-hydrogen) atoms. The van der Waals surface area contributed by atoms with E-state index < -0.39 is 0 Å². The molecule has 110 valence electrons. The Morgan fingerprint density at radius 3 is 2.67 bits per heavy atom. The Bertz CT molecular complexity index is 639. The van der Waals surface area contributed by atoms with Crippen LogP contribution in [0.3, 0.4) is 0 Å². The van der Waals surface area contributed by atoms with Gasteiger partial charge in [0.1, 0.15) is 0 Å². The number of phenols is 1. The smallest absolute Gasteiger partial charge is 0.160 e. The molecular weight excluding hydrogens is 262 g/mol. The Balaban J connectivity index is 1.70. The van der Waals surface area contributed by atoms with Crippen LogP contribution in [0, 0.1) is 0 Å². The molecule has 0 amide bonds. The Hall–Kier alpha value is -2.00. The van der Waals surface area contributed by atoms with Crippen LogP contribution in [-0.2, 0) is 6.54 Å². The monoisotopic (exact) mass is 283 g/mol. The fourth-order valence-corrected chi connectivity index (χ4v) is 3.16. The first-order chi connectivity index (χ1) is 10.2. The molecule has 2 aromatic carbocycles. The fraction of sp³-hybridized carbons (Fsp3) is 0.333. The fourth-order valence-electron chi connectivity index (χ4n) is 3.16. The van der Waals surface area contributed by atoms with E-state index in [-0.39, 0.29) is 5.75 Å². The van der Waals surface area contributed by atoms with Crippen LogP contribution in [0.25, 0.3) is 0 Å². The molecule has 3 heteroatoms. The zero-order chi connectivity index (χ0) is 14.8. The van der Waals surface area contributed by atoms with E-state index in [1.165, 1.54) is 11.1 Å². The maximum atomic E-state index is 9.83. The lowest BCUT2D eigenvalue weighted by Crippen LogP contribution is -2.18. The van der Waals surface area contributed by atoms with Gasteiger partial charge in [0.15, 0.2) is 11.5 Å². The molecule has 2 atom stereocenters. The van der Waals surface area contributed by atoms with Crippen molar-refractivity contribution in [2.24, 2.45) is 0 Å². The van der Waals surface area contributed by atoms with E-state index >= 15 is 0 Å². The molecule has 0 aromatic heterocycles. The second kappa shape index (κ2) is 5.78. The average Bonchev–Trinajstić information content (AvgIpc) is 2.82. The second-order valence-corrected chi connectivity index (χ2v) is 5.71. The van der Waals surface area contributed by atoms with Crippen molar-refractivity contribution in [3.8, 4) is 11.5 Å². The first-order valence-corrected chi connectivity index (χ1v) is 7.37. The number of aromatic hydroxyl groups is 1. The molecule has 0 saturated carbocycles. The first kappa shape index (κ1) is 14.0. The summed E-state index contributed by atoms with van der Waals surface area (Å²) in [6.45, 7) is 3.02. The van der Waals surface area contributed by atoms with Gasteiger partial charge in [-0.15, -0.1) is 0 Å². The summed E-state index contributed by atoms with van der Waals surface area (Å²) >= 11 is 0. The van der Waals surface area contributed by atoms with Gasteiger partial charge in [0, 0.05) is 12.6 Å². The van der Waals surface area contributed by atoms with Gasteiger partial charge >= 0.3 is 0 Å². The molecule has 2 N–H and O–H groups in total. The van der Waals surface area contributed by atoms with Crippen LogP contribution in [0.15, 0.2) is 42.5 Å². The summed E-state index contributed by atoms with van der Waals surface area (Å²) in [6.07, 6.45) is 1.13. The van der Waals surface area contributed by atoms with Crippen LogP contribution in [-0.4, -0.2) is 12.2 Å². The van der Waals surface area contributed by atoms with Gasteiger partial charge in [-0.25, -0.2) is 0 Å². The highest BCUT2D eigenvalue weighted by Crippen LogP contribution is 2.39. The molecule has 1 aliphatic carbocycles. The van der Waals surface area contributed by atoms with Crippen molar-refractivity contribution in [2.45, 2.75) is 31.8 Å². The Labute approximate surface area is 125 Å². The number of rotatable bonds is 4. The maximum absolute atomic E-state index is 9.83. The third kappa shape index (κ3) is 2.74. The van der Waals surface area contributed by atoms with Gasteiger partial charge in [0.2, 0.25) is 0 Å². The van der Waals surface area contributed by atoms with Gasteiger partial charge in [0.05, 0.1) is 7.11 Å². The van der Waals surface area contributed by atoms with E-state index in [1.54, 1.807) is 19.2 Å². The number of benzene rings is 2. The summed E-state index contributed by atoms with van der Waals surface area (Å²) < 4.78 is 5.07. The summed E-state index contributed by atoms with van der Waals surface area (Å²) in [5.41, 5.74) is 3.92. The molecule has 0 radical (unpaired) electrons. The SMILES string of the molecule is COc1ccc(CN[C@H]2C[C@H](C)c3ccccc32)cc1O. The molecule has 0 saturated heterocycles. The highest BCUT2D eigenvalue weighted by Gasteiger charge is 2.27. The minimum absolute atomic E-state index is 0.192. The van der Waals surface area contributed by atoms with Gasteiger partial charge in [-0.05, 0) is 41.2 Å². The number of ether oxygens (including phenoxy) is 1. The van der Waals surface area contributed by atoms with Crippen LogP contribution in [0.2, 0.25) is 0 Å². The zero-order valence-corrected chi connectivity index (χ0v) is 12.5. The number of fused-ring (bicyclic) bond motifs is 1. The van der Waals surface area contributed by atoms with Crippen LogP contribution >= 0.6 is 0 Å². The van der Waals surface area contributed by atoms with E-state index in [9.17, 15) is 5.11 Å². The number of hydrogen-bond donors (Lipinski definition) is 2. The predicted octanol–water partition coefficient (Wildman–Crippen LogP) is 3.74. The van der Waals surface area contributed by atoms with Crippen molar-refractivity contribution in [3.05, 3.63) is 59.2 Å². The maximum Gasteiger partial charge on any atom is 0.160 e. The Morgan fingerprint density at radius 2 is 1.95 bits per heavy atom. The zero-order valence-electron chi connectivity index (χ0n) is 12.5. The highest BCUT2D eigenvalue weighted by atomic mass is 16.5. The van der Waals surface area contributed by atoms with Crippen molar-refractivity contribution >= 4 is 0 Å². The lowest BCUT2D eigenvalue weighted by atomic mass is 10.0. The summed E-state index contributed by atoms with van der Waals surface area (Å²) in [4.78, 5) is 0. The summed E-state index contributed by atoms with van der Waals surface area (Å²) in [7, 11) is 1.56. The van der Waals surface area contributed by atoms with Crippen LogP contribution in [0.5, 0.6) is 11.5 Å². The summed E-state index contributed by atoms with van der Waals surface area (Å²) in [6, 6.07) is 14.6. The quantitative estimate of drug-likeness (QED) is 0.898. The van der Waals surface area contributed by atoms with E-state index in [2.05, 4.69) is 36.5 Å². The minimum atomic E-state index is 0.192. The normalized spacial score (nSPS) is 20.3. The minimum Gasteiger partial charge on any atom is -0.504 e. The number of phenolic OH excluding ortho intramolecular Hbond substituents is 1. The molecule has 0 bridgehead atoms. The van der Waals surface area contributed by atoms with Crippen molar-refractivity contribution < 1.29 is 9.84 Å². The van der Waals surface area contributed by atoms with Gasteiger partial charge in [0.25, 0.3) is 0 Å². The number of methoxy groups -OCH3 is 1. The summed E-state index contributed by atoms with van der Waals surface area (Å²) in [5, 5.41) is 13.4. The molecule has 0 aliphatic heterocycles. The number of hydrogen-bond acceptors (Lipinski definition) is 3. The molecule has 0 fully saturated rings. The lowest BCUT2D eigenvalue weighted by Gasteiger charge is -2.15. The van der Waals surface area contributed by atoms with Crippen molar-refractivity contribution in [3.63, 3.8) is 0 Å². The summed E-state index contributed by atoms with van der Waals surface area (Å²) in [5.74, 6) is 1.30. The van der Waals surface area contributed by atoms with E-state index in [0.717, 1.165) is 18.5 Å². The van der Waals surface area contributed by atoms with E-state index in [4.69, 9.17) is 4.74 Å². The standard InChI is InChI=1S/C18H21NO2/c1-12-9-16(15-6-4-3-5-14(12)15)19-11-13-7-8-18(21-2)17(20)10-13/h3-8,10,12,16,19-20H,9,11H2,1-2H3/t12-,16-/m0/s1. The van der Waals surface area contributed by atoms with Crippen molar-refractivity contribution in [1.82, 2.24) is 5.32 Å². The molecule has 0 spiro atoms. The molecule has 3 rings (SSSR count). The average molecular weight is 283 g/mol. The van der Waals surface area contributed by atoms with E-state index in [0.29, 0.717) is 17.7 Å². The molecule has 0 unspecified atom stereocenters. The molecular formula is C18H21NO2. The largest absolute Gasteiger partial charge is 0.504 e. The predicted molar refractivity (Wildman–Crippen MR) is 83.7 cm³/mol. The molecule has 0 heterocycles. The Kier molecular flexibility index (Phi) is 3.84. The lowest BCUT2D eigenvalue weighted by molar-refractivity contribution is 0.372. The van der Waals surface area contributed by atoms with E-state index in [1.807, 2.05) is 6.07 Å². The third-order valence-electron chi connectivity index (χ3n) is 4.29. The van der Waals surface area contributed by atoms with Crippen LogP contribution in [0.4, 0.5) is 0 Å².